The van der Waals surface area contributed by atoms with Crippen LogP contribution >= 0.6 is 0 Å². The normalized spacial score (nSPS) is 16.3. The summed E-state index contributed by atoms with van der Waals surface area (Å²) in [7, 11) is 0. The highest BCUT2D eigenvalue weighted by Gasteiger charge is 2.22. The fourth-order valence-corrected chi connectivity index (χ4v) is 2.51. The maximum Gasteiger partial charge on any atom is 0.223 e. The Morgan fingerprint density at radius 2 is 2.00 bits per heavy atom. The van der Waals surface area contributed by atoms with E-state index in [4.69, 9.17) is 10.2 Å². The molecule has 0 aliphatic heterocycles. The van der Waals surface area contributed by atoms with E-state index in [1.165, 1.54) is 12.8 Å². The van der Waals surface area contributed by atoms with Crippen LogP contribution in [0, 0.1) is 6.92 Å². The number of furan rings is 1. The van der Waals surface area contributed by atoms with Gasteiger partial charge in [-0.15, -0.1) is 0 Å². The van der Waals surface area contributed by atoms with Crippen molar-refractivity contribution < 1.29 is 4.42 Å². The molecule has 5 nitrogen and oxygen atoms in total. The molecule has 0 saturated heterocycles. The van der Waals surface area contributed by atoms with E-state index in [1.54, 1.807) is 6.26 Å². The van der Waals surface area contributed by atoms with Crippen LogP contribution in [0.5, 0.6) is 0 Å². The molecule has 1 aliphatic rings. The second kappa shape index (κ2) is 4.40. The molecule has 94 valence electrons. The van der Waals surface area contributed by atoms with Gasteiger partial charge in [-0.3, -0.25) is 0 Å². The lowest BCUT2D eigenvalue weighted by molar-refractivity contribution is 0.535. The Balaban J connectivity index is 2.03. The summed E-state index contributed by atoms with van der Waals surface area (Å²) in [6.45, 7) is 1.89. The molecule has 2 N–H and O–H groups in total. The second-order valence-electron chi connectivity index (χ2n) is 4.75. The fourth-order valence-electron chi connectivity index (χ4n) is 2.51. The molecule has 2 heterocycles. The molecule has 0 bridgehead atoms. The van der Waals surface area contributed by atoms with Crippen LogP contribution in [0.3, 0.4) is 0 Å². The van der Waals surface area contributed by atoms with E-state index < -0.39 is 0 Å². The minimum absolute atomic E-state index is 0.294. The summed E-state index contributed by atoms with van der Waals surface area (Å²) in [5, 5.41) is 0. The van der Waals surface area contributed by atoms with Crippen LogP contribution in [0.25, 0.3) is 11.4 Å². The first-order valence-electron chi connectivity index (χ1n) is 6.30. The van der Waals surface area contributed by atoms with E-state index in [0.29, 0.717) is 17.7 Å². The van der Waals surface area contributed by atoms with Crippen molar-refractivity contribution >= 4 is 5.95 Å². The number of hydrogen-bond acceptors (Lipinski definition) is 5. The first-order valence-corrected chi connectivity index (χ1v) is 6.30. The Morgan fingerprint density at radius 3 is 2.67 bits per heavy atom. The maximum absolute atomic E-state index is 5.79. The standard InChI is InChI=1S/C13H16N4O/c1-8-10(6-7-18-8)12-15-11(16-13(14)17-12)9-4-2-3-5-9/h6-7,9H,2-5H2,1H3,(H2,14,15,16,17). The summed E-state index contributed by atoms with van der Waals surface area (Å²) in [6, 6.07) is 1.86. The van der Waals surface area contributed by atoms with Crippen molar-refractivity contribution in [2.45, 2.75) is 38.5 Å². The van der Waals surface area contributed by atoms with Gasteiger partial charge in [0.1, 0.15) is 11.6 Å². The van der Waals surface area contributed by atoms with Crippen molar-refractivity contribution in [1.82, 2.24) is 15.0 Å². The molecular formula is C13H16N4O. The molecule has 5 heteroatoms. The summed E-state index contributed by atoms with van der Waals surface area (Å²) in [4.78, 5) is 13.0. The van der Waals surface area contributed by atoms with Gasteiger partial charge < -0.3 is 10.2 Å². The van der Waals surface area contributed by atoms with Gasteiger partial charge in [-0.1, -0.05) is 12.8 Å². The smallest absolute Gasteiger partial charge is 0.223 e. The molecule has 0 spiro atoms. The number of aromatic nitrogens is 3. The largest absolute Gasteiger partial charge is 0.469 e. The van der Waals surface area contributed by atoms with E-state index in [1.807, 2.05) is 13.0 Å². The molecule has 3 rings (SSSR count). The predicted molar refractivity (Wildman–Crippen MR) is 67.9 cm³/mol. The molecule has 1 fully saturated rings. The molecule has 18 heavy (non-hydrogen) atoms. The third-order valence-electron chi connectivity index (χ3n) is 3.49. The summed E-state index contributed by atoms with van der Waals surface area (Å²) in [6.07, 6.45) is 6.42. The lowest BCUT2D eigenvalue weighted by Crippen LogP contribution is -2.07. The van der Waals surface area contributed by atoms with E-state index in [9.17, 15) is 0 Å². The Kier molecular flexibility index (Phi) is 2.74. The number of rotatable bonds is 2. The number of hydrogen-bond donors (Lipinski definition) is 1. The molecule has 0 aromatic carbocycles. The third-order valence-corrected chi connectivity index (χ3v) is 3.49. The molecular weight excluding hydrogens is 228 g/mol. The molecule has 0 amide bonds. The molecule has 0 radical (unpaired) electrons. The Bertz CT molecular complexity index is 558. The third kappa shape index (κ3) is 1.96. The summed E-state index contributed by atoms with van der Waals surface area (Å²) in [5.74, 6) is 2.98. The number of anilines is 1. The molecule has 0 atom stereocenters. The van der Waals surface area contributed by atoms with E-state index >= 15 is 0 Å². The molecule has 1 saturated carbocycles. The lowest BCUT2D eigenvalue weighted by atomic mass is 10.1. The average Bonchev–Trinajstić information content (AvgIpc) is 2.98. The van der Waals surface area contributed by atoms with Crippen LogP contribution in [0.15, 0.2) is 16.7 Å². The zero-order chi connectivity index (χ0) is 12.5. The van der Waals surface area contributed by atoms with Gasteiger partial charge in [0.05, 0.1) is 11.8 Å². The van der Waals surface area contributed by atoms with Crippen LogP contribution < -0.4 is 5.73 Å². The zero-order valence-corrected chi connectivity index (χ0v) is 10.4. The van der Waals surface area contributed by atoms with Gasteiger partial charge in [0, 0.05) is 5.92 Å². The van der Waals surface area contributed by atoms with E-state index in [0.717, 1.165) is 30.0 Å². The Labute approximate surface area is 105 Å². The number of nitrogens with two attached hydrogens (primary N) is 1. The Hall–Kier alpha value is -1.91. The van der Waals surface area contributed by atoms with Crippen LogP contribution in [0.4, 0.5) is 5.95 Å². The van der Waals surface area contributed by atoms with Gasteiger partial charge in [0.15, 0.2) is 5.82 Å². The molecule has 1 aliphatic carbocycles. The average molecular weight is 244 g/mol. The highest BCUT2D eigenvalue weighted by atomic mass is 16.3. The monoisotopic (exact) mass is 244 g/mol. The first kappa shape index (κ1) is 11.2. The fraction of sp³-hybridized carbons (Fsp3) is 0.462. The maximum atomic E-state index is 5.79. The Morgan fingerprint density at radius 1 is 1.22 bits per heavy atom. The minimum atomic E-state index is 0.294. The number of nitrogens with zero attached hydrogens (tertiary/aromatic N) is 3. The topological polar surface area (TPSA) is 77.8 Å². The van der Waals surface area contributed by atoms with Gasteiger partial charge in [0.2, 0.25) is 5.95 Å². The predicted octanol–water partition coefficient (Wildman–Crippen LogP) is 2.68. The van der Waals surface area contributed by atoms with Crippen LogP contribution in [0.1, 0.15) is 43.2 Å². The van der Waals surface area contributed by atoms with Crippen LogP contribution in [-0.4, -0.2) is 15.0 Å². The van der Waals surface area contributed by atoms with Crippen LogP contribution in [-0.2, 0) is 0 Å². The molecule has 2 aromatic heterocycles. The van der Waals surface area contributed by atoms with Gasteiger partial charge in [-0.2, -0.15) is 9.97 Å². The van der Waals surface area contributed by atoms with Crippen molar-refractivity contribution in [3.8, 4) is 11.4 Å². The molecule has 2 aromatic rings. The minimum Gasteiger partial charge on any atom is -0.469 e. The lowest BCUT2D eigenvalue weighted by Gasteiger charge is -2.09. The quantitative estimate of drug-likeness (QED) is 0.878. The van der Waals surface area contributed by atoms with Crippen molar-refractivity contribution in [3.63, 3.8) is 0 Å². The number of aryl methyl sites for hydroxylation is 1. The van der Waals surface area contributed by atoms with Gasteiger partial charge in [0.25, 0.3) is 0 Å². The summed E-state index contributed by atoms with van der Waals surface area (Å²) in [5.41, 5.74) is 6.68. The van der Waals surface area contributed by atoms with Gasteiger partial charge in [-0.05, 0) is 25.8 Å². The highest BCUT2D eigenvalue weighted by molar-refractivity contribution is 5.57. The van der Waals surface area contributed by atoms with Crippen LogP contribution in [0.2, 0.25) is 0 Å². The van der Waals surface area contributed by atoms with Crippen molar-refractivity contribution in [2.24, 2.45) is 0 Å². The summed E-state index contributed by atoms with van der Waals surface area (Å²) < 4.78 is 5.28. The second-order valence-corrected chi connectivity index (χ2v) is 4.75. The highest BCUT2D eigenvalue weighted by Crippen LogP contribution is 2.33. The first-order chi connectivity index (χ1) is 8.74. The van der Waals surface area contributed by atoms with Crippen molar-refractivity contribution in [2.75, 3.05) is 5.73 Å². The zero-order valence-electron chi connectivity index (χ0n) is 10.4. The van der Waals surface area contributed by atoms with Crippen molar-refractivity contribution in [3.05, 3.63) is 23.9 Å². The SMILES string of the molecule is Cc1occc1-c1nc(N)nc(C2CCCC2)n1. The van der Waals surface area contributed by atoms with Gasteiger partial charge >= 0.3 is 0 Å². The van der Waals surface area contributed by atoms with Gasteiger partial charge in [-0.25, -0.2) is 4.98 Å². The van der Waals surface area contributed by atoms with E-state index in [-0.39, 0.29) is 0 Å². The number of nitrogen functional groups attached to an aromatic ring is 1. The molecule has 0 unspecified atom stereocenters. The summed E-state index contributed by atoms with van der Waals surface area (Å²) >= 11 is 0. The van der Waals surface area contributed by atoms with E-state index in [2.05, 4.69) is 15.0 Å². The van der Waals surface area contributed by atoms with Crippen molar-refractivity contribution in [1.29, 1.82) is 0 Å².